The van der Waals surface area contributed by atoms with Gasteiger partial charge in [0, 0.05) is 9.90 Å². The lowest BCUT2D eigenvalue weighted by Gasteiger charge is -2.25. The fourth-order valence-corrected chi connectivity index (χ4v) is 3.03. The van der Waals surface area contributed by atoms with E-state index in [9.17, 15) is 4.79 Å². The number of thiophene rings is 1. The van der Waals surface area contributed by atoms with E-state index in [4.69, 9.17) is 23.2 Å². The highest BCUT2D eigenvalue weighted by atomic mass is 35.5. The Kier molecular flexibility index (Phi) is 4.10. The van der Waals surface area contributed by atoms with Gasteiger partial charge in [-0.3, -0.25) is 4.79 Å². The topological polar surface area (TPSA) is 17.1 Å². The van der Waals surface area contributed by atoms with Crippen LogP contribution in [0.4, 0.5) is 0 Å². The number of carbonyl (C=O) groups is 1. The molecule has 1 aromatic carbocycles. The maximum absolute atomic E-state index is 11.8. The highest BCUT2D eigenvalue weighted by molar-refractivity contribution is 7.09. The second kappa shape index (κ2) is 5.43. The summed E-state index contributed by atoms with van der Waals surface area (Å²) in [5.41, 5.74) is 0.178. The largest absolute Gasteiger partial charge is 0.280 e. The van der Waals surface area contributed by atoms with Crippen LogP contribution >= 0.6 is 34.5 Å². The van der Waals surface area contributed by atoms with Crippen molar-refractivity contribution in [3.05, 3.63) is 57.2 Å². The van der Waals surface area contributed by atoms with Gasteiger partial charge in [0.25, 0.3) is 0 Å². The zero-order chi connectivity index (χ0) is 13.2. The van der Waals surface area contributed by atoms with Crippen LogP contribution in [0.5, 0.6) is 0 Å². The van der Waals surface area contributed by atoms with Crippen LogP contribution in [0.25, 0.3) is 0 Å². The molecule has 4 heteroatoms. The van der Waals surface area contributed by atoms with Crippen LogP contribution in [0.3, 0.4) is 0 Å². The van der Waals surface area contributed by atoms with E-state index in [1.54, 1.807) is 23.5 Å². The van der Waals surface area contributed by atoms with Gasteiger partial charge in [-0.05, 0) is 54.1 Å². The number of carbonyl (C=O) groups excluding carboxylic acids is 1. The van der Waals surface area contributed by atoms with Crippen molar-refractivity contribution in [2.24, 2.45) is 0 Å². The molecule has 0 aliphatic heterocycles. The molecule has 1 heterocycles. The van der Waals surface area contributed by atoms with E-state index >= 15 is 0 Å². The molecule has 0 saturated heterocycles. The Hall–Kier alpha value is -0.830. The van der Waals surface area contributed by atoms with Gasteiger partial charge in [0.2, 0.25) is 5.24 Å². The summed E-state index contributed by atoms with van der Waals surface area (Å²) >= 11 is 13.3. The van der Waals surface area contributed by atoms with Crippen molar-refractivity contribution in [2.75, 3.05) is 0 Å². The van der Waals surface area contributed by atoms with Gasteiger partial charge < -0.3 is 0 Å². The summed E-state index contributed by atoms with van der Waals surface area (Å²) in [6.07, 6.45) is 0.606. The fraction of sp³-hybridized carbons (Fsp3) is 0.214. The van der Waals surface area contributed by atoms with Crippen molar-refractivity contribution in [3.63, 3.8) is 0 Å². The average Bonchev–Trinajstić information content (AvgIpc) is 2.82. The Labute approximate surface area is 120 Å². The number of halogens is 2. The van der Waals surface area contributed by atoms with Gasteiger partial charge in [0.15, 0.2) is 0 Å². The summed E-state index contributed by atoms with van der Waals surface area (Å²) in [6.45, 7) is 1.87. The van der Waals surface area contributed by atoms with Crippen molar-refractivity contribution in [1.82, 2.24) is 0 Å². The molecule has 2 aromatic rings. The van der Waals surface area contributed by atoms with Gasteiger partial charge in [0.05, 0.1) is 5.41 Å². The van der Waals surface area contributed by atoms with E-state index in [-0.39, 0.29) is 5.24 Å². The maximum atomic E-state index is 11.8. The summed E-state index contributed by atoms with van der Waals surface area (Å²) in [6, 6.07) is 11.3. The smallest absolute Gasteiger partial charge is 0.232 e. The summed E-state index contributed by atoms with van der Waals surface area (Å²) in [5.74, 6) is 0. The second-order valence-corrected chi connectivity index (χ2v) is 6.18. The van der Waals surface area contributed by atoms with E-state index in [2.05, 4.69) is 0 Å². The predicted octanol–water partition coefficient (Wildman–Crippen LogP) is 4.67. The zero-order valence-corrected chi connectivity index (χ0v) is 12.1. The lowest BCUT2D eigenvalue weighted by molar-refractivity contribution is -0.116. The van der Waals surface area contributed by atoms with Crippen LogP contribution in [0.2, 0.25) is 5.02 Å². The van der Waals surface area contributed by atoms with Crippen LogP contribution in [0, 0.1) is 0 Å². The quantitative estimate of drug-likeness (QED) is 0.750. The molecule has 1 nitrogen and oxygen atoms in total. The van der Waals surface area contributed by atoms with Gasteiger partial charge >= 0.3 is 0 Å². The third kappa shape index (κ3) is 2.77. The van der Waals surface area contributed by atoms with Gasteiger partial charge in [-0.15, -0.1) is 11.3 Å². The molecule has 0 radical (unpaired) electrons. The molecule has 18 heavy (non-hydrogen) atoms. The molecule has 0 spiro atoms. The molecule has 0 fully saturated rings. The molecule has 94 valence electrons. The molecule has 0 saturated carbocycles. The minimum absolute atomic E-state index is 0.349. The van der Waals surface area contributed by atoms with E-state index in [1.807, 2.05) is 36.6 Å². The molecular formula is C14H12Cl2OS. The van der Waals surface area contributed by atoms with Crippen LogP contribution in [0.1, 0.15) is 17.4 Å². The first-order valence-electron chi connectivity index (χ1n) is 5.51. The van der Waals surface area contributed by atoms with E-state index in [0.29, 0.717) is 11.4 Å². The minimum atomic E-state index is -0.711. The van der Waals surface area contributed by atoms with Crippen LogP contribution in [-0.4, -0.2) is 5.24 Å². The summed E-state index contributed by atoms with van der Waals surface area (Å²) < 4.78 is 0. The van der Waals surface area contributed by atoms with Crippen molar-refractivity contribution >= 4 is 39.8 Å². The Morgan fingerprint density at radius 1 is 1.28 bits per heavy atom. The number of benzene rings is 1. The molecule has 0 N–H and O–H groups in total. The third-order valence-electron chi connectivity index (χ3n) is 3.02. The third-order valence-corrected chi connectivity index (χ3v) is 4.57. The molecule has 0 aliphatic carbocycles. The molecule has 0 amide bonds. The van der Waals surface area contributed by atoms with Gasteiger partial charge in [-0.2, -0.15) is 0 Å². The van der Waals surface area contributed by atoms with Gasteiger partial charge in [-0.1, -0.05) is 29.8 Å². The molecule has 1 unspecified atom stereocenters. The summed E-state index contributed by atoms with van der Waals surface area (Å²) in [4.78, 5) is 13.0. The fourth-order valence-electron chi connectivity index (χ4n) is 1.86. The maximum Gasteiger partial charge on any atom is 0.232 e. The average molecular weight is 299 g/mol. The highest BCUT2D eigenvalue weighted by Crippen LogP contribution is 2.32. The molecular weight excluding hydrogens is 287 g/mol. The molecule has 0 aliphatic rings. The molecule has 1 aromatic heterocycles. The second-order valence-electron chi connectivity index (χ2n) is 4.37. The Morgan fingerprint density at radius 3 is 2.44 bits per heavy atom. The first-order chi connectivity index (χ1) is 8.52. The Balaban J connectivity index is 2.37. The van der Waals surface area contributed by atoms with Crippen molar-refractivity contribution < 1.29 is 4.79 Å². The van der Waals surface area contributed by atoms with Gasteiger partial charge in [-0.25, -0.2) is 0 Å². The standard InChI is InChI=1S/C14H12Cl2OS/c1-14(13(16)17,9-12-3-2-8-18-12)10-4-6-11(15)7-5-10/h2-8H,9H2,1H3. The van der Waals surface area contributed by atoms with E-state index in [1.165, 1.54) is 0 Å². The van der Waals surface area contributed by atoms with E-state index < -0.39 is 5.41 Å². The lowest BCUT2D eigenvalue weighted by atomic mass is 9.80. The zero-order valence-electron chi connectivity index (χ0n) is 9.82. The molecule has 1 atom stereocenters. The summed E-state index contributed by atoms with van der Waals surface area (Å²) in [7, 11) is 0. The van der Waals surface area contributed by atoms with E-state index in [0.717, 1.165) is 10.4 Å². The number of hydrogen-bond donors (Lipinski definition) is 0. The Bertz CT molecular complexity index is 533. The normalized spacial score (nSPS) is 14.2. The van der Waals surface area contributed by atoms with Crippen LogP contribution in [0.15, 0.2) is 41.8 Å². The number of hydrogen-bond acceptors (Lipinski definition) is 2. The highest BCUT2D eigenvalue weighted by Gasteiger charge is 2.34. The lowest BCUT2D eigenvalue weighted by Crippen LogP contribution is -2.31. The minimum Gasteiger partial charge on any atom is -0.280 e. The summed E-state index contributed by atoms with van der Waals surface area (Å²) in [5, 5.41) is 2.30. The van der Waals surface area contributed by atoms with Crippen molar-refractivity contribution in [2.45, 2.75) is 18.8 Å². The Morgan fingerprint density at radius 2 is 1.94 bits per heavy atom. The molecule has 0 bridgehead atoms. The molecule has 2 rings (SSSR count). The van der Waals surface area contributed by atoms with Crippen molar-refractivity contribution in [1.29, 1.82) is 0 Å². The first-order valence-corrected chi connectivity index (χ1v) is 7.14. The van der Waals surface area contributed by atoms with Crippen molar-refractivity contribution in [3.8, 4) is 0 Å². The predicted molar refractivity (Wildman–Crippen MR) is 77.7 cm³/mol. The van der Waals surface area contributed by atoms with Crippen LogP contribution < -0.4 is 0 Å². The van der Waals surface area contributed by atoms with Crippen LogP contribution in [-0.2, 0) is 16.6 Å². The monoisotopic (exact) mass is 298 g/mol. The number of rotatable bonds is 4. The first kappa shape index (κ1) is 13.6. The SMILES string of the molecule is CC(Cc1cccs1)(C(=O)Cl)c1ccc(Cl)cc1. The van der Waals surface area contributed by atoms with Gasteiger partial charge in [0.1, 0.15) is 0 Å².